The summed E-state index contributed by atoms with van der Waals surface area (Å²) in [6.07, 6.45) is 0.782. The lowest BCUT2D eigenvalue weighted by Gasteiger charge is -2.33. The topological polar surface area (TPSA) is 57.5 Å². The summed E-state index contributed by atoms with van der Waals surface area (Å²) in [6, 6.07) is 31.3. The summed E-state index contributed by atoms with van der Waals surface area (Å²) in [7, 11) is -4.30. The van der Waals surface area contributed by atoms with Crippen LogP contribution in [-0.2, 0) is 9.72 Å². The van der Waals surface area contributed by atoms with Crippen LogP contribution in [0.25, 0.3) is 43.4 Å². The van der Waals surface area contributed by atoms with Crippen LogP contribution in [0.5, 0.6) is 0 Å². The summed E-state index contributed by atoms with van der Waals surface area (Å²) in [6.45, 7) is 3.69. The van der Waals surface area contributed by atoms with Crippen molar-refractivity contribution in [1.82, 2.24) is 0 Å². The number of hydrogen-bond acceptors (Lipinski definition) is 1. The second kappa shape index (κ2) is 8.11. The Labute approximate surface area is 193 Å². The van der Waals surface area contributed by atoms with Crippen LogP contribution in [0, 0.1) is 0 Å². The molecule has 0 aliphatic carbocycles. The normalized spacial score (nSPS) is 12.6. The largest absolute Gasteiger partial charge is 0.335 e. The van der Waals surface area contributed by atoms with Crippen molar-refractivity contribution in [2.45, 2.75) is 31.8 Å². The first-order chi connectivity index (χ1) is 15.9. The van der Waals surface area contributed by atoms with Crippen molar-refractivity contribution < 1.29 is 14.4 Å². The molecule has 0 heterocycles. The third kappa shape index (κ3) is 3.40. The van der Waals surface area contributed by atoms with Crippen LogP contribution in [0.3, 0.4) is 0 Å². The Morgan fingerprint density at radius 1 is 0.606 bits per heavy atom. The summed E-state index contributed by atoms with van der Waals surface area (Å²) in [5.41, 5.74) is 2.82. The first-order valence-corrected chi connectivity index (χ1v) is 13.0. The lowest BCUT2D eigenvalue weighted by molar-refractivity contribution is 0.315. The molecule has 33 heavy (non-hydrogen) atoms. The average Bonchev–Trinajstić information content (AvgIpc) is 2.84. The van der Waals surface area contributed by atoms with Gasteiger partial charge in [-0.15, -0.1) is 0 Å². The van der Waals surface area contributed by atoms with Gasteiger partial charge in [-0.1, -0.05) is 98.8 Å². The minimum absolute atomic E-state index is 0.391. The molecule has 5 aromatic carbocycles. The van der Waals surface area contributed by atoms with Crippen molar-refractivity contribution in [3.05, 3.63) is 96.6 Å². The molecule has 5 aromatic rings. The van der Waals surface area contributed by atoms with Crippen LogP contribution in [0.15, 0.2) is 91.0 Å². The standard InChI is InChI=1S/C29H27O3P/c1-3-29(4-2,33(30,31)32)22-16-13-20(14-17-22)21-15-18-27-25-11-6-5-9-23(25)24-10-7-8-12-26(24)28(27)19-21/h5-19H,3-4H2,1-2H3,(H2,30,31,32). The lowest BCUT2D eigenvalue weighted by Crippen LogP contribution is -2.24. The molecule has 0 aromatic heterocycles. The van der Waals surface area contributed by atoms with E-state index >= 15 is 0 Å². The summed E-state index contributed by atoms with van der Waals surface area (Å²) >= 11 is 0. The van der Waals surface area contributed by atoms with Crippen molar-refractivity contribution >= 4 is 39.9 Å². The third-order valence-corrected chi connectivity index (χ3v) is 9.23. The van der Waals surface area contributed by atoms with Gasteiger partial charge in [0.25, 0.3) is 0 Å². The fourth-order valence-corrected chi connectivity index (χ4v) is 6.61. The highest BCUT2D eigenvalue weighted by Crippen LogP contribution is 2.61. The van der Waals surface area contributed by atoms with Gasteiger partial charge in [-0.05, 0) is 67.9 Å². The van der Waals surface area contributed by atoms with E-state index in [1.165, 1.54) is 32.3 Å². The van der Waals surface area contributed by atoms with Crippen LogP contribution in [0.2, 0.25) is 0 Å². The second-order valence-corrected chi connectivity index (χ2v) is 10.7. The molecule has 4 heteroatoms. The fraction of sp³-hybridized carbons (Fsp3) is 0.172. The van der Waals surface area contributed by atoms with Gasteiger partial charge in [0.15, 0.2) is 0 Å². The minimum Gasteiger partial charge on any atom is -0.324 e. The smallest absolute Gasteiger partial charge is 0.324 e. The third-order valence-electron chi connectivity index (χ3n) is 7.23. The molecular weight excluding hydrogens is 427 g/mol. The van der Waals surface area contributed by atoms with E-state index in [9.17, 15) is 14.4 Å². The lowest BCUT2D eigenvalue weighted by atomic mass is 9.90. The Balaban J connectivity index is 1.68. The molecule has 3 nitrogen and oxygen atoms in total. The number of hydrogen-bond donors (Lipinski definition) is 2. The molecule has 0 aliphatic heterocycles. The molecule has 0 spiro atoms. The molecule has 0 amide bonds. The maximum absolute atomic E-state index is 12.3. The van der Waals surface area contributed by atoms with E-state index in [1.54, 1.807) is 0 Å². The van der Waals surface area contributed by atoms with E-state index in [0.717, 1.165) is 11.1 Å². The number of benzene rings is 5. The van der Waals surface area contributed by atoms with Crippen LogP contribution in [0.1, 0.15) is 32.3 Å². The molecule has 0 atom stereocenters. The number of fused-ring (bicyclic) bond motifs is 6. The molecule has 0 aliphatic rings. The molecule has 166 valence electrons. The van der Waals surface area contributed by atoms with Crippen molar-refractivity contribution in [3.8, 4) is 11.1 Å². The van der Waals surface area contributed by atoms with Gasteiger partial charge in [-0.3, -0.25) is 4.57 Å². The van der Waals surface area contributed by atoms with Crippen molar-refractivity contribution in [1.29, 1.82) is 0 Å². The molecule has 0 saturated heterocycles. The fourth-order valence-electron chi connectivity index (χ4n) is 5.30. The number of rotatable bonds is 5. The maximum Gasteiger partial charge on any atom is 0.335 e. The van der Waals surface area contributed by atoms with Gasteiger partial charge in [0.2, 0.25) is 0 Å². The molecule has 0 saturated carbocycles. The zero-order valence-corrected chi connectivity index (χ0v) is 19.7. The zero-order chi connectivity index (χ0) is 23.2. The van der Waals surface area contributed by atoms with E-state index in [1.807, 2.05) is 38.1 Å². The second-order valence-electron chi connectivity index (χ2n) is 8.71. The van der Waals surface area contributed by atoms with Crippen LogP contribution in [0.4, 0.5) is 0 Å². The molecule has 0 unspecified atom stereocenters. The van der Waals surface area contributed by atoms with Crippen LogP contribution in [-0.4, -0.2) is 9.79 Å². The summed E-state index contributed by atoms with van der Waals surface area (Å²) < 4.78 is 12.3. The van der Waals surface area contributed by atoms with Crippen molar-refractivity contribution in [3.63, 3.8) is 0 Å². The monoisotopic (exact) mass is 454 g/mol. The molecule has 2 N–H and O–H groups in total. The Kier molecular flexibility index (Phi) is 5.37. The van der Waals surface area contributed by atoms with Crippen LogP contribution < -0.4 is 0 Å². The SMILES string of the molecule is CCC(CC)(c1ccc(-c2ccc3c4ccccc4c4ccccc4c3c2)cc1)P(=O)(O)O. The Morgan fingerprint density at radius 2 is 1.03 bits per heavy atom. The van der Waals surface area contributed by atoms with E-state index in [2.05, 4.69) is 66.7 Å². The van der Waals surface area contributed by atoms with Crippen molar-refractivity contribution in [2.24, 2.45) is 0 Å². The van der Waals surface area contributed by atoms with Crippen LogP contribution >= 0.6 is 7.60 Å². The molecule has 0 radical (unpaired) electrons. The van der Waals surface area contributed by atoms with Gasteiger partial charge in [-0.2, -0.15) is 0 Å². The Bertz CT molecular complexity index is 1490. The highest BCUT2D eigenvalue weighted by atomic mass is 31.2. The summed E-state index contributed by atoms with van der Waals surface area (Å²) in [5.74, 6) is 0. The average molecular weight is 455 g/mol. The van der Waals surface area contributed by atoms with Gasteiger partial charge in [0.1, 0.15) is 0 Å². The molecule has 5 rings (SSSR count). The van der Waals surface area contributed by atoms with Gasteiger partial charge in [0.05, 0.1) is 5.16 Å². The summed E-state index contributed by atoms with van der Waals surface area (Å²) in [4.78, 5) is 20.2. The first kappa shape index (κ1) is 21.9. The predicted octanol–water partition coefficient (Wildman–Crippen LogP) is 8.01. The van der Waals surface area contributed by atoms with Crippen molar-refractivity contribution in [2.75, 3.05) is 0 Å². The molecule has 0 bridgehead atoms. The van der Waals surface area contributed by atoms with Gasteiger partial charge < -0.3 is 9.79 Å². The minimum atomic E-state index is -4.30. The maximum atomic E-state index is 12.3. The Hall–Kier alpha value is -2.97. The van der Waals surface area contributed by atoms with E-state index in [4.69, 9.17) is 0 Å². The van der Waals surface area contributed by atoms with E-state index in [-0.39, 0.29) is 0 Å². The predicted molar refractivity (Wildman–Crippen MR) is 139 cm³/mol. The first-order valence-electron chi connectivity index (χ1n) is 11.4. The zero-order valence-electron chi connectivity index (χ0n) is 18.8. The van der Waals surface area contributed by atoms with Gasteiger partial charge in [-0.25, -0.2) is 0 Å². The quantitative estimate of drug-likeness (QED) is 0.209. The Morgan fingerprint density at radius 3 is 1.48 bits per heavy atom. The summed E-state index contributed by atoms with van der Waals surface area (Å²) in [5, 5.41) is 6.26. The van der Waals surface area contributed by atoms with Gasteiger partial charge in [0, 0.05) is 0 Å². The van der Waals surface area contributed by atoms with E-state index in [0.29, 0.717) is 18.4 Å². The molecular formula is C29H27O3P. The van der Waals surface area contributed by atoms with Gasteiger partial charge >= 0.3 is 7.60 Å². The highest BCUT2D eigenvalue weighted by Gasteiger charge is 2.45. The van der Waals surface area contributed by atoms with E-state index < -0.39 is 12.8 Å². The molecule has 0 fully saturated rings. The highest BCUT2D eigenvalue weighted by molar-refractivity contribution is 7.53.